The third-order valence-corrected chi connectivity index (χ3v) is 8.64. The lowest BCUT2D eigenvalue weighted by molar-refractivity contribution is -0.109. The zero-order valence-corrected chi connectivity index (χ0v) is 34.0. The van der Waals surface area contributed by atoms with Gasteiger partial charge in [-0.3, -0.25) is 4.79 Å². The van der Waals surface area contributed by atoms with Crippen LogP contribution >= 0.6 is 48.4 Å². The van der Waals surface area contributed by atoms with Gasteiger partial charge in [0.15, 0.2) is 5.12 Å². The quantitative estimate of drug-likeness (QED) is 0.0422. The summed E-state index contributed by atoms with van der Waals surface area (Å²) in [6, 6.07) is 1.14. The van der Waals surface area contributed by atoms with E-state index in [0.717, 1.165) is 30.4 Å². The molecule has 0 heterocycles. The molecule has 0 saturated carbocycles. The fraction of sp³-hybridized carbons (Fsp3) is 0.839. The second kappa shape index (κ2) is 38.0. The molecule has 0 spiro atoms. The Morgan fingerprint density at radius 1 is 0.953 bits per heavy atom. The first-order valence-electron chi connectivity index (χ1n) is 15.1. The zero-order valence-electron chi connectivity index (χ0n) is 29.7. The SMILES string of the molecule is C=C(S)CC(C)C.CC(=O)SC(C)C.CC(C)N=C=S.CC(C)SC#N.CCO[Si](CCCOC(C)C)(OCC)OCC. The van der Waals surface area contributed by atoms with E-state index >= 15 is 0 Å². The van der Waals surface area contributed by atoms with Crippen LogP contribution < -0.4 is 0 Å². The number of thiol groups is 1. The van der Waals surface area contributed by atoms with Gasteiger partial charge in [0.1, 0.15) is 5.40 Å². The molecule has 0 aliphatic rings. The summed E-state index contributed by atoms with van der Waals surface area (Å²) in [5.74, 6) is 0.699. The Morgan fingerprint density at radius 2 is 1.42 bits per heavy atom. The standard InChI is InChI=1S/C12H28O4Si.C6H12S.C5H10OS.2C4H7NS/c1-6-14-17(15-7-2,16-8-3)11-9-10-13-12(4)5;1-5(2)4-6(3)7;1-4(2)7-5(3)6;1-4(2)6-3-5;1-4(2)5-3-6/h12H,6-11H2,1-5H3;5,7H,3-4H2,1-2H3;4H,1-3H3;2*4H,1-2H3. The first-order chi connectivity index (χ1) is 19.9. The first kappa shape index (κ1) is 52.3. The van der Waals surface area contributed by atoms with Crippen molar-refractivity contribution in [1.29, 1.82) is 5.26 Å². The molecule has 0 unspecified atom stereocenters. The molecule has 12 heteroatoms. The first-order valence-corrected chi connectivity index (χ1v) is 19.6. The number of ether oxygens (including phenoxy) is 1. The molecule has 0 atom stereocenters. The number of aliphatic imine (C=N–C) groups is 1. The van der Waals surface area contributed by atoms with E-state index in [1.165, 1.54) is 23.5 Å². The lowest BCUT2D eigenvalue weighted by atomic mass is 10.1. The Balaban J connectivity index is -0.000000154. The summed E-state index contributed by atoms with van der Waals surface area (Å²) in [7, 11) is -2.45. The maximum absolute atomic E-state index is 10.2. The maximum Gasteiger partial charge on any atom is 0.501 e. The highest BCUT2D eigenvalue weighted by Crippen LogP contribution is 2.18. The number of thiocarbonyl (C=S) groups is 1. The third-order valence-electron chi connectivity index (χ3n) is 3.82. The minimum absolute atomic E-state index is 0.204. The highest BCUT2D eigenvalue weighted by atomic mass is 32.2. The molecule has 0 aliphatic carbocycles. The number of nitriles is 1. The van der Waals surface area contributed by atoms with E-state index in [-0.39, 0.29) is 11.2 Å². The molecule has 0 rings (SSSR count). The van der Waals surface area contributed by atoms with Gasteiger partial charge in [0, 0.05) is 49.9 Å². The number of carbonyl (C=O) groups is 1. The van der Waals surface area contributed by atoms with Crippen molar-refractivity contribution >= 4 is 67.5 Å². The molecule has 43 heavy (non-hydrogen) atoms. The van der Waals surface area contributed by atoms with Crippen LogP contribution in [-0.2, 0) is 22.8 Å². The molecular formula is C31H64N2O5S4Si. The van der Waals surface area contributed by atoms with E-state index in [1.54, 1.807) is 6.92 Å². The summed E-state index contributed by atoms with van der Waals surface area (Å²) in [5, 5.41) is 13.3. The Kier molecular flexibility index (Phi) is 46.2. The van der Waals surface area contributed by atoms with Crippen LogP contribution in [0, 0.1) is 16.6 Å². The van der Waals surface area contributed by atoms with Crippen LogP contribution in [-0.4, -0.2) is 68.2 Å². The van der Waals surface area contributed by atoms with Crippen LogP contribution in [0.2, 0.25) is 6.04 Å². The molecule has 0 saturated heterocycles. The molecule has 7 nitrogen and oxygen atoms in total. The Hall–Kier alpha value is -0.193. The predicted molar refractivity (Wildman–Crippen MR) is 201 cm³/mol. The number of hydrogen-bond donors (Lipinski definition) is 1. The lowest BCUT2D eigenvalue weighted by Crippen LogP contribution is -2.46. The smallest absolute Gasteiger partial charge is 0.379 e. The molecule has 0 N–H and O–H groups in total. The minimum atomic E-state index is -2.45. The van der Waals surface area contributed by atoms with Crippen molar-refractivity contribution in [3.05, 3.63) is 11.5 Å². The summed E-state index contributed by atoms with van der Waals surface area (Å²) in [6.45, 7) is 34.1. The highest BCUT2D eigenvalue weighted by molar-refractivity contribution is 8.14. The molecule has 256 valence electrons. The highest BCUT2D eigenvalue weighted by Gasteiger charge is 2.39. The van der Waals surface area contributed by atoms with Gasteiger partial charge >= 0.3 is 8.80 Å². The molecule has 0 radical (unpaired) electrons. The van der Waals surface area contributed by atoms with Crippen LogP contribution in [0.4, 0.5) is 0 Å². The largest absolute Gasteiger partial charge is 0.501 e. The molecule has 0 aromatic heterocycles. The van der Waals surface area contributed by atoms with Gasteiger partial charge < -0.3 is 18.0 Å². The molecule has 0 aromatic carbocycles. The number of nitrogens with zero attached hydrogens (tertiary/aromatic N) is 2. The van der Waals surface area contributed by atoms with Gasteiger partial charge in [0.25, 0.3) is 0 Å². The van der Waals surface area contributed by atoms with Crippen molar-refractivity contribution in [2.24, 2.45) is 10.9 Å². The Bertz CT molecular complexity index is 690. The lowest BCUT2D eigenvalue weighted by Gasteiger charge is -2.28. The second-order valence-corrected chi connectivity index (χ2v) is 17.1. The van der Waals surface area contributed by atoms with Gasteiger partial charge in [-0.25, -0.2) is 4.99 Å². The molecular weight excluding hydrogens is 637 g/mol. The van der Waals surface area contributed by atoms with Crippen LogP contribution in [0.3, 0.4) is 0 Å². The number of rotatable bonds is 16. The number of allylic oxidation sites excluding steroid dienone is 1. The summed E-state index contributed by atoms with van der Waals surface area (Å²) < 4.78 is 22.8. The number of carbonyl (C=O) groups excluding carboxylic acids is 1. The molecule has 0 bridgehead atoms. The van der Waals surface area contributed by atoms with E-state index in [1.807, 2.05) is 81.6 Å². The third kappa shape index (κ3) is 58.0. The Morgan fingerprint density at radius 3 is 1.56 bits per heavy atom. The van der Waals surface area contributed by atoms with Gasteiger partial charge in [-0.05, 0) is 96.1 Å². The van der Waals surface area contributed by atoms with E-state index in [2.05, 4.69) is 55.4 Å². The van der Waals surface area contributed by atoms with Crippen LogP contribution in [0.15, 0.2) is 16.5 Å². The number of thiocyanates is 1. The van der Waals surface area contributed by atoms with Gasteiger partial charge in [-0.2, -0.15) is 5.26 Å². The van der Waals surface area contributed by atoms with Gasteiger partial charge in [0.05, 0.1) is 17.3 Å². The van der Waals surface area contributed by atoms with Crippen molar-refractivity contribution in [1.82, 2.24) is 0 Å². The van der Waals surface area contributed by atoms with Crippen molar-refractivity contribution in [3.8, 4) is 5.40 Å². The van der Waals surface area contributed by atoms with E-state index in [0.29, 0.717) is 42.3 Å². The fourth-order valence-electron chi connectivity index (χ4n) is 2.62. The number of isothiocyanates is 1. The van der Waals surface area contributed by atoms with E-state index < -0.39 is 8.80 Å². The van der Waals surface area contributed by atoms with E-state index in [4.69, 9.17) is 23.3 Å². The second-order valence-electron chi connectivity index (χ2n) is 10.4. The summed E-state index contributed by atoms with van der Waals surface area (Å²) in [5.41, 5.74) is 0. The van der Waals surface area contributed by atoms with Crippen molar-refractivity contribution in [2.75, 3.05) is 26.4 Å². The van der Waals surface area contributed by atoms with Crippen molar-refractivity contribution < 1.29 is 22.8 Å². The molecule has 0 amide bonds. The fourth-order valence-corrected chi connectivity index (χ4v) is 6.65. The van der Waals surface area contributed by atoms with Crippen LogP contribution in [0.1, 0.15) is 110 Å². The average molecular weight is 701 g/mol. The summed E-state index contributed by atoms with van der Waals surface area (Å²) in [6.07, 6.45) is 2.23. The van der Waals surface area contributed by atoms with Gasteiger partial charge in [-0.15, -0.1) is 12.6 Å². The summed E-state index contributed by atoms with van der Waals surface area (Å²) in [4.78, 5) is 14.9. The summed E-state index contributed by atoms with van der Waals surface area (Å²) >= 11 is 11.0. The van der Waals surface area contributed by atoms with Crippen molar-refractivity contribution in [3.63, 3.8) is 0 Å². The Labute approximate surface area is 286 Å². The minimum Gasteiger partial charge on any atom is -0.379 e. The zero-order chi connectivity index (χ0) is 34.9. The molecule has 0 aliphatic heterocycles. The predicted octanol–water partition coefficient (Wildman–Crippen LogP) is 10.1. The van der Waals surface area contributed by atoms with Crippen LogP contribution in [0.5, 0.6) is 0 Å². The van der Waals surface area contributed by atoms with E-state index in [9.17, 15) is 4.79 Å². The van der Waals surface area contributed by atoms with Crippen LogP contribution in [0.25, 0.3) is 0 Å². The molecule has 0 fully saturated rings. The van der Waals surface area contributed by atoms with Gasteiger partial charge in [-0.1, -0.05) is 59.9 Å². The number of thioether (sulfide) groups is 2. The van der Waals surface area contributed by atoms with Crippen molar-refractivity contribution in [2.45, 2.75) is 138 Å². The topological polar surface area (TPSA) is 90.1 Å². The number of hydrogen-bond acceptors (Lipinski definition) is 11. The monoisotopic (exact) mass is 700 g/mol. The normalized spacial score (nSPS) is 10.3. The molecule has 0 aromatic rings. The average Bonchev–Trinajstić information content (AvgIpc) is 2.82. The van der Waals surface area contributed by atoms with Gasteiger partial charge in [0.2, 0.25) is 0 Å². The maximum atomic E-state index is 10.2.